The molecule has 3 rings (SSSR count). The number of rotatable bonds is 1. The van der Waals surface area contributed by atoms with E-state index in [1.807, 2.05) is 0 Å². The number of anilines is 3. The second-order valence-corrected chi connectivity index (χ2v) is 4.33. The smallest absolute Gasteiger partial charge is 0.339 e. The molecule has 0 radical (unpaired) electrons. The number of aromatic carboxylic acids is 1. The van der Waals surface area contributed by atoms with Crippen molar-refractivity contribution >= 4 is 29.1 Å². The third-order valence-corrected chi connectivity index (χ3v) is 2.71. The number of fused-ring (bicyclic) bond motifs is 1. The van der Waals surface area contributed by atoms with Gasteiger partial charge in [-0.05, 0) is 30.3 Å². The van der Waals surface area contributed by atoms with E-state index in [2.05, 4.69) is 10.3 Å². The van der Waals surface area contributed by atoms with Crippen LogP contribution in [0.4, 0.5) is 17.2 Å². The van der Waals surface area contributed by atoms with Crippen LogP contribution >= 0.6 is 0 Å². The van der Waals surface area contributed by atoms with Crippen LogP contribution in [-0.2, 0) is 4.79 Å². The van der Waals surface area contributed by atoms with Gasteiger partial charge < -0.3 is 26.6 Å². The first kappa shape index (κ1) is 15.1. The molecule has 0 unspecified atom stereocenters. The molecule has 1 amide bonds. The van der Waals surface area contributed by atoms with Gasteiger partial charge in [0.25, 0.3) is 5.91 Å². The molecule has 22 heavy (non-hydrogen) atoms. The highest BCUT2D eigenvalue weighted by Gasteiger charge is 2.14. The zero-order valence-corrected chi connectivity index (χ0v) is 11.4. The molecule has 0 spiro atoms. The largest absolute Gasteiger partial charge is 0.482 e. The molecule has 2 aromatic rings. The van der Waals surface area contributed by atoms with Crippen LogP contribution in [0.1, 0.15) is 10.4 Å². The lowest BCUT2D eigenvalue weighted by molar-refractivity contribution is -0.118. The molecule has 1 aromatic heterocycles. The first-order chi connectivity index (χ1) is 10.5. The maximum Gasteiger partial charge on any atom is 0.339 e. The van der Waals surface area contributed by atoms with Gasteiger partial charge in [0.15, 0.2) is 6.61 Å². The fraction of sp³-hybridized carbons (Fsp3) is 0.0714. The Morgan fingerprint density at radius 1 is 1.32 bits per heavy atom. The van der Waals surface area contributed by atoms with E-state index in [1.165, 1.54) is 18.3 Å². The molecule has 114 valence electrons. The highest BCUT2D eigenvalue weighted by molar-refractivity contribution is 5.95. The number of nitrogen functional groups attached to an aromatic ring is 2. The molecule has 1 aromatic carbocycles. The molecule has 0 saturated carbocycles. The lowest BCUT2D eigenvalue weighted by atomic mass is 10.2. The second kappa shape index (κ2) is 6.44. The molecule has 0 bridgehead atoms. The van der Waals surface area contributed by atoms with Crippen molar-refractivity contribution < 1.29 is 19.4 Å². The van der Waals surface area contributed by atoms with Crippen LogP contribution < -0.4 is 21.5 Å². The predicted octanol–water partition coefficient (Wildman–Crippen LogP) is 0.962. The molecular formula is C14H14N4O4. The minimum absolute atomic E-state index is 0.0440. The average molecular weight is 302 g/mol. The number of carbonyl (C=O) groups is 2. The molecule has 8 heteroatoms. The molecule has 0 atom stereocenters. The maximum atomic E-state index is 10.9. The summed E-state index contributed by atoms with van der Waals surface area (Å²) in [6.07, 6.45) is 1.45. The van der Waals surface area contributed by atoms with E-state index in [1.54, 1.807) is 18.2 Å². The van der Waals surface area contributed by atoms with E-state index in [-0.39, 0.29) is 23.9 Å². The van der Waals surface area contributed by atoms with Crippen molar-refractivity contribution in [2.45, 2.75) is 0 Å². The Morgan fingerprint density at radius 2 is 2.09 bits per heavy atom. The number of aromatic nitrogens is 1. The first-order valence-corrected chi connectivity index (χ1v) is 6.23. The van der Waals surface area contributed by atoms with Gasteiger partial charge in [-0.25, -0.2) is 9.78 Å². The number of carboxylic acid groups (broad SMARTS) is 1. The third kappa shape index (κ3) is 3.63. The zero-order valence-electron chi connectivity index (χ0n) is 11.4. The van der Waals surface area contributed by atoms with Crippen molar-refractivity contribution in [2.24, 2.45) is 0 Å². The van der Waals surface area contributed by atoms with Gasteiger partial charge in [-0.1, -0.05) is 0 Å². The standard InChI is InChI=1S/C8H8N2O2.C6H6N2O2/c9-5-1-2-7-6(3-5)10-8(11)4-12-7;7-5-4(6(9)10)2-1-3-8-5/h1-3H,4,9H2,(H,10,11);1-3H,(H2,7,8)(H,9,10). The summed E-state index contributed by atoms with van der Waals surface area (Å²) in [7, 11) is 0. The number of hydrogen-bond donors (Lipinski definition) is 4. The number of ether oxygens (including phenoxy) is 1. The van der Waals surface area contributed by atoms with E-state index in [0.717, 1.165) is 0 Å². The van der Waals surface area contributed by atoms with Crippen molar-refractivity contribution in [1.29, 1.82) is 0 Å². The summed E-state index contributed by atoms with van der Waals surface area (Å²) in [4.78, 5) is 24.8. The van der Waals surface area contributed by atoms with Crippen LogP contribution in [0.25, 0.3) is 0 Å². The Bertz CT molecular complexity index is 718. The summed E-state index contributed by atoms with van der Waals surface area (Å²) in [6, 6.07) is 8.08. The van der Waals surface area contributed by atoms with Gasteiger partial charge in [0, 0.05) is 11.9 Å². The Labute approximate surface area is 125 Å². The van der Waals surface area contributed by atoms with Crippen molar-refractivity contribution in [2.75, 3.05) is 23.4 Å². The van der Waals surface area contributed by atoms with Crippen LogP contribution in [0.3, 0.4) is 0 Å². The van der Waals surface area contributed by atoms with Crippen molar-refractivity contribution in [3.63, 3.8) is 0 Å². The van der Waals surface area contributed by atoms with E-state index in [4.69, 9.17) is 21.3 Å². The minimum atomic E-state index is -1.05. The lowest BCUT2D eigenvalue weighted by Crippen LogP contribution is -2.25. The molecule has 1 aliphatic heterocycles. The molecule has 8 nitrogen and oxygen atoms in total. The zero-order chi connectivity index (χ0) is 16.1. The Hall–Kier alpha value is -3.29. The summed E-state index contributed by atoms with van der Waals surface area (Å²) in [6.45, 7) is 0.0803. The lowest BCUT2D eigenvalue weighted by Gasteiger charge is -2.17. The molecular weight excluding hydrogens is 288 g/mol. The Morgan fingerprint density at radius 3 is 2.73 bits per heavy atom. The third-order valence-electron chi connectivity index (χ3n) is 2.71. The number of carbonyl (C=O) groups excluding carboxylic acids is 1. The number of nitrogens with one attached hydrogen (secondary N) is 1. The normalized spacial score (nSPS) is 12.1. The summed E-state index contributed by atoms with van der Waals surface area (Å²) in [5.74, 6) is -0.475. The molecule has 1 aliphatic rings. The van der Waals surface area contributed by atoms with Crippen LogP contribution in [0, 0.1) is 0 Å². The quantitative estimate of drug-likeness (QED) is 0.575. The van der Waals surface area contributed by atoms with Gasteiger partial charge in [-0.3, -0.25) is 4.79 Å². The number of amides is 1. The number of pyridine rings is 1. The Kier molecular flexibility index (Phi) is 4.42. The van der Waals surface area contributed by atoms with Gasteiger partial charge in [0.2, 0.25) is 0 Å². The maximum absolute atomic E-state index is 10.9. The molecule has 2 heterocycles. The predicted molar refractivity (Wildman–Crippen MR) is 80.6 cm³/mol. The van der Waals surface area contributed by atoms with E-state index in [9.17, 15) is 9.59 Å². The van der Waals surface area contributed by atoms with Crippen LogP contribution in [0.2, 0.25) is 0 Å². The summed E-state index contributed by atoms with van der Waals surface area (Å²) in [5.41, 5.74) is 12.0. The number of carboxylic acids is 1. The number of hydrogen-bond acceptors (Lipinski definition) is 6. The van der Waals surface area contributed by atoms with Crippen LogP contribution in [0.5, 0.6) is 5.75 Å². The van der Waals surface area contributed by atoms with Gasteiger partial charge in [0.05, 0.1) is 5.69 Å². The van der Waals surface area contributed by atoms with Gasteiger partial charge in [-0.15, -0.1) is 0 Å². The topological polar surface area (TPSA) is 141 Å². The van der Waals surface area contributed by atoms with E-state index in [0.29, 0.717) is 17.1 Å². The van der Waals surface area contributed by atoms with Crippen LogP contribution in [0.15, 0.2) is 36.5 Å². The van der Waals surface area contributed by atoms with Gasteiger partial charge in [-0.2, -0.15) is 0 Å². The molecule has 0 aliphatic carbocycles. The van der Waals surface area contributed by atoms with Crippen LogP contribution in [-0.4, -0.2) is 28.6 Å². The minimum Gasteiger partial charge on any atom is -0.482 e. The summed E-state index contributed by atoms with van der Waals surface area (Å²) >= 11 is 0. The Balaban J connectivity index is 0.000000164. The number of benzene rings is 1. The van der Waals surface area contributed by atoms with Gasteiger partial charge >= 0.3 is 5.97 Å². The molecule has 0 saturated heterocycles. The second-order valence-electron chi connectivity index (χ2n) is 4.33. The SMILES string of the molecule is Nc1ccc2c(c1)NC(=O)CO2.Nc1ncccc1C(=O)O. The van der Waals surface area contributed by atoms with E-state index >= 15 is 0 Å². The molecule has 6 N–H and O–H groups in total. The fourth-order valence-corrected chi connectivity index (χ4v) is 1.70. The summed E-state index contributed by atoms with van der Waals surface area (Å²) in [5, 5.41) is 11.1. The summed E-state index contributed by atoms with van der Waals surface area (Å²) < 4.78 is 5.12. The number of nitrogens with two attached hydrogens (primary N) is 2. The first-order valence-electron chi connectivity index (χ1n) is 6.23. The monoisotopic (exact) mass is 302 g/mol. The highest BCUT2D eigenvalue weighted by Crippen LogP contribution is 2.28. The highest BCUT2D eigenvalue weighted by atomic mass is 16.5. The van der Waals surface area contributed by atoms with Crippen molar-refractivity contribution in [1.82, 2.24) is 4.98 Å². The number of nitrogens with zero attached hydrogens (tertiary/aromatic N) is 1. The van der Waals surface area contributed by atoms with Gasteiger partial charge in [0.1, 0.15) is 17.1 Å². The van der Waals surface area contributed by atoms with Crippen molar-refractivity contribution in [3.8, 4) is 5.75 Å². The van der Waals surface area contributed by atoms with Crippen molar-refractivity contribution in [3.05, 3.63) is 42.1 Å². The molecule has 0 fully saturated rings. The average Bonchev–Trinajstić information content (AvgIpc) is 2.47. The fourth-order valence-electron chi connectivity index (χ4n) is 1.70. The van der Waals surface area contributed by atoms with E-state index < -0.39 is 5.97 Å².